The molecule has 174 valence electrons. The van der Waals surface area contributed by atoms with Crippen LogP contribution in [0.25, 0.3) is 16.8 Å². The number of imidazole rings is 1. The molecule has 0 saturated carbocycles. The van der Waals surface area contributed by atoms with E-state index in [1.165, 1.54) is 0 Å². The van der Waals surface area contributed by atoms with Gasteiger partial charge in [-0.1, -0.05) is 84.9 Å². The fraction of sp³-hybridized carbons (Fsp3) is 0.143. The van der Waals surface area contributed by atoms with E-state index in [4.69, 9.17) is 0 Å². The van der Waals surface area contributed by atoms with E-state index in [-0.39, 0.29) is 5.69 Å². The van der Waals surface area contributed by atoms with Crippen LogP contribution < -0.4 is 5.69 Å². The molecule has 2 aromatic heterocycles. The van der Waals surface area contributed by atoms with Gasteiger partial charge in [0.2, 0.25) is 0 Å². The van der Waals surface area contributed by atoms with Crippen molar-refractivity contribution in [3.05, 3.63) is 131 Å². The number of allylic oxidation sites excluding steroid dienone is 2. The van der Waals surface area contributed by atoms with E-state index in [9.17, 15) is 4.79 Å². The smallest absolute Gasteiger partial charge is 0.295 e. The van der Waals surface area contributed by atoms with Crippen molar-refractivity contribution in [1.29, 1.82) is 0 Å². The molecule has 0 saturated heterocycles. The molecule has 7 nitrogen and oxygen atoms in total. The quantitative estimate of drug-likeness (QED) is 0.318. The monoisotopic (exact) mass is 462 g/mol. The highest BCUT2D eigenvalue weighted by molar-refractivity contribution is 5.72. The first kappa shape index (κ1) is 22.3. The molecular formula is C28H26N6O. The standard InChI is InChI=1S/C28H26N6O/c1-2-3-11-25-20-32(18-22-9-5-4-6-10-22)28(35)33(25)19-23-14-16-24(17-15-23)26-12-7-8-13-27(26)34-21-29-30-31-34/h2-10,12-17,20-21H,11,18-19H2,1H3. The zero-order valence-corrected chi connectivity index (χ0v) is 19.5. The minimum absolute atomic E-state index is 0.00135. The second-order valence-electron chi connectivity index (χ2n) is 8.34. The van der Waals surface area contributed by atoms with E-state index in [0.29, 0.717) is 19.5 Å². The molecule has 0 spiro atoms. The van der Waals surface area contributed by atoms with Gasteiger partial charge in [-0.25, -0.2) is 4.79 Å². The Labute approximate surface area is 203 Å². The van der Waals surface area contributed by atoms with Gasteiger partial charge in [0, 0.05) is 23.9 Å². The molecule has 3 aromatic carbocycles. The lowest BCUT2D eigenvalue weighted by Crippen LogP contribution is -2.25. The van der Waals surface area contributed by atoms with Gasteiger partial charge in [-0.05, 0) is 40.1 Å². The third-order valence-corrected chi connectivity index (χ3v) is 5.99. The molecule has 35 heavy (non-hydrogen) atoms. The Morgan fingerprint density at radius 1 is 0.857 bits per heavy atom. The van der Waals surface area contributed by atoms with Crippen molar-refractivity contribution in [2.24, 2.45) is 0 Å². The first-order chi connectivity index (χ1) is 17.2. The van der Waals surface area contributed by atoms with Crippen molar-refractivity contribution in [2.75, 3.05) is 0 Å². The molecular weight excluding hydrogens is 436 g/mol. The molecule has 2 heterocycles. The maximum absolute atomic E-state index is 13.3. The van der Waals surface area contributed by atoms with Crippen LogP contribution in [0, 0.1) is 0 Å². The van der Waals surface area contributed by atoms with Crippen molar-refractivity contribution >= 4 is 0 Å². The number of hydrogen-bond acceptors (Lipinski definition) is 4. The molecule has 7 heteroatoms. The van der Waals surface area contributed by atoms with Gasteiger partial charge in [0.25, 0.3) is 0 Å². The van der Waals surface area contributed by atoms with Crippen molar-refractivity contribution in [1.82, 2.24) is 29.3 Å². The summed E-state index contributed by atoms with van der Waals surface area (Å²) in [6.45, 7) is 3.07. The molecule has 0 radical (unpaired) electrons. The van der Waals surface area contributed by atoms with E-state index >= 15 is 0 Å². The maximum Gasteiger partial charge on any atom is 0.328 e. The second kappa shape index (κ2) is 10.2. The van der Waals surface area contributed by atoms with Crippen LogP contribution in [0.1, 0.15) is 23.7 Å². The summed E-state index contributed by atoms with van der Waals surface area (Å²) < 4.78 is 5.32. The zero-order valence-electron chi connectivity index (χ0n) is 19.5. The van der Waals surface area contributed by atoms with Gasteiger partial charge >= 0.3 is 5.69 Å². The minimum Gasteiger partial charge on any atom is -0.295 e. The average Bonchev–Trinajstić information content (AvgIpc) is 3.54. The molecule has 0 N–H and O–H groups in total. The largest absolute Gasteiger partial charge is 0.328 e. The first-order valence-electron chi connectivity index (χ1n) is 11.6. The van der Waals surface area contributed by atoms with Gasteiger partial charge in [-0.3, -0.25) is 9.13 Å². The van der Waals surface area contributed by atoms with E-state index in [1.54, 1.807) is 15.6 Å². The summed E-state index contributed by atoms with van der Waals surface area (Å²) in [7, 11) is 0. The van der Waals surface area contributed by atoms with E-state index < -0.39 is 0 Å². The molecule has 0 fully saturated rings. The van der Waals surface area contributed by atoms with E-state index in [2.05, 4.69) is 51.9 Å². The first-order valence-corrected chi connectivity index (χ1v) is 11.6. The van der Waals surface area contributed by atoms with Gasteiger partial charge in [0.05, 0.1) is 18.8 Å². The van der Waals surface area contributed by atoms with Crippen LogP contribution >= 0.6 is 0 Å². The summed E-state index contributed by atoms with van der Waals surface area (Å²) in [6, 6.07) is 26.4. The van der Waals surface area contributed by atoms with Crippen LogP contribution in [0.4, 0.5) is 0 Å². The average molecular weight is 463 g/mol. The predicted octanol–water partition coefficient (Wildman–Crippen LogP) is 4.51. The summed E-state index contributed by atoms with van der Waals surface area (Å²) in [5.74, 6) is 0. The number of hydrogen-bond donors (Lipinski definition) is 0. The number of para-hydroxylation sites is 1. The van der Waals surface area contributed by atoms with Crippen LogP contribution in [0.5, 0.6) is 0 Å². The Kier molecular flexibility index (Phi) is 6.48. The predicted molar refractivity (Wildman–Crippen MR) is 136 cm³/mol. The van der Waals surface area contributed by atoms with Crippen molar-refractivity contribution < 1.29 is 0 Å². The van der Waals surface area contributed by atoms with Crippen molar-refractivity contribution in [2.45, 2.75) is 26.4 Å². The lowest BCUT2D eigenvalue weighted by atomic mass is 10.0. The van der Waals surface area contributed by atoms with E-state index in [0.717, 1.165) is 33.6 Å². The Bertz CT molecular complexity index is 1480. The molecule has 0 unspecified atom stereocenters. The van der Waals surface area contributed by atoms with Crippen LogP contribution in [-0.4, -0.2) is 29.3 Å². The fourth-order valence-corrected chi connectivity index (χ4v) is 4.21. The lowest BCUT2D eigenvalue weighted by molar-refractivity contribution is 0.673. The highest BCUT2D eigenvalue weighted by atomic mass is 16.1. The summed E-state index contributed by atoms with van der Waals surface area (Å²) in [5.41, 5.74) is 6.17. The number of benzene rings is 3. The molecule has 0 atom stereocenters. The summed E-state index contributed by atoms with van der Waals surface area (Å²) in [4.78, 5) is 13.3. The Hall–Kier alpha value is -4.52. The van der Waals surface area contributed by atoms with E-state index in [1.807, 2.05) is 72.3 Å². The van der Waals surface area contributed by atoms with Gasteiger partial charge < -0.3 is 0 Å². The van der Waals surface area contributed by atoms with Crippen molar-refractivity contribution in [3.63, 3.8) is 0 Å². The highest BCUT2D eigenvalue weighted by Crippen LogP contribution is 2.26. The Balaban J connectivity index is 1.43. The molecule has 0 aliphatic carbocycles. The minimum atomic E-state index is 0.00135. The Morgan fingerprint density at radius 2 is 1.60 bits per heavy atom. The Morgan fingerprint density at radius 3 is 2.34 bits per heavy atom. The van der Waals surface area contributed by atoms with Gasteiger partial charge in [0.1, 0.15) is 6.33 Å². The fourth-order valence-electron chi connectivity index (χ4n) is 4.21. The number of rotatable bonds is 8. The van der Waals surface area contributed by atoms with Gasteiger partial charge in [-0.2, -0.15) is 4.68 Å². The van der Waals surface area contributed by atoms with Crippen LogP contribution in [-0.2, 0) is 19.5 Å². The lowest BCUT2D eigenvalue weighted by Gasteiger charge is -2.10. The van der Waals surface area contributed by atoms with Crippen molar-refractivity contribution in [3.8, 4) is 16.8 Å². The van der Waals surface area contributed by atoms with Crippen LogP contribution in [0.15, 0.2) is 108 Å². The number of aromatic nitrogens is 6. The number of tetrazole rings is 1. The molecule has 0 aliphatic rings. The third-order valence-electron chi connectivity index (χ3n) is 5.99. The topological polar surface area (TPSA) is 70.5 Å². The molecule has 5 rings (SSSR count). The molecule has 0 bridgehead atoms. The zero-order chi connectivity index (χ0) is 24.0. The molecule has 0 amide bonds. The molecule has 0 aliphatic heterocycles. The maximum atomic E-state index is 13.3. The SMILES string of the molecule is CC=CCc1cn(Cc2ccccc2)c(=O)n1Cc1ccc(-c2ccccc2-n2cnnn2)cc1. The van der Waals surface area contributed by atoms with Crippen LogP contribution in [0.3, 0.4) is 0 Å². The third kappa shape index (κ3) is 4.89. The molecule has 5 aromatic rings. The summed E-state index contributed by atoms with van der Waals surface area (Å²) in [6.07, 6.45) is 8.38. The van der Waals surface area contributed by atoms with Gasteiger partial charge in [-0.15, -0.1) is 5.10 Å². The number of nitrogens with zero attached hydrogens (tertiary/aromatic N) is 6. The second-order valence-corrected chi connectivity index (χ2v) is 8.34. The summed E-state index contributed by atoms with van der Waals surface area (Å²) >= 11 is 0. The summed E-state index contributed by atoms with van der Waals surface area (Å²) in [5, 5.41) is 11.5. The van der Waals surface area contributed by atoms with Gasteiger partial charge in [0.15, 0.2) is 0 Å². The van der Waals surface area contributed by atoms with Crippen LogP contribution in [0.2, 0.25) is 0 Å². The normalized spacial score (nSPS) is 11.3. The highest BCUT2D eigenvalue weighted by Gasteiger charge is 2.13.